The second-order valence-electron chi connectivity index (χ2n) is 5.66. The highest BCUT2D eigenvalue weighted by atomic mass is 35.5. The van der Waals surface area contributed by atoms with Crippen LogP contribution >= 0.6 is 11.6 Å². The molecule has 7 N–H and O–H groups in total. The summed E-state index contributed by atoms with van der Waals surface area (Å²) in [7, 11) is 0. The lowest BCUT2D eigenvalue weighted by Crippen LogP contribution is -2.02. The molecule has 0 bridgehead atoms. The molecule has 3 aromatic rings. The van der Waals surface area contributed by atoms with Crippen molar-refractivity contribution in [1.29, 1.82) is 0 Å². The van der Waals surface area contributed by atoms with Crippen LogP contribution in [0.4, 0.5) is 17.1 Å². The lowest BCUT2D eigenvalue weighted by molar-refractivity contribution is 0.0698. The summed E-state index contributed by atoms with van der Waals surface area (Å²) < 4.78 is 0. The number of hydrogen-bond acceptors (Lipinski definition) is 4. The summed E-state index contributed by atoms with van der Waals surface area (Å²) in [6.45, 7) is 0. The summed E-state index contributed by atoms with van der Waals surface area (Å²) >= 11 is 6.43. The van der Waals surface area contributed by atoms with E-state index in [1.165, 1.54) is 6.07 Å². The van der Waals surface area contributed by atoms with Crippen LogP contribution in [-0.4, -0.2) is 11.1 Å². The van der Waals surface area contributed by atoms with Crippen LogP contribution in [0, 0.1) is 0 Å². The SMILES string of the molecule is Nc1cc(N)cc(-c2ccc(-c3c(N)cccc3C(=O)O)cc2Cl)c1. The number of aromatic carboxylic acids is 1. The smallest absolute Gasteiger partial charge is 0.336 e. The molecule has 0 aliphatic carbocycles. The van der Waals surface area contributed by atoms with Gasteiger partial charge in [0.05, 0.1) is 5.56 Å². The topological polar surface area (TPSA) is 115 Å². The number of nitrogen functional groups attached to an aromatic ring is 3. The molecule has 3 aromatic carbocycles. The molecule has 0 radical (unpaired) electrons. The van der Waals surface area contributed by atoms with Gasteiger partial charge in [0.25, 0.3) is 0 Å². The van der Waals surface area contributed by atoms with Crippen LogP contribution in [0.5, 0.6) is 0 Å². The first-order valence-corrected chi connectivity index (χ1v) is 7.82. The number of benzene rings is 3. The van der Waals surface area contributed by atoms with Crippen molar-refractivity contribution < 1.29 is 9.90 Å². The van der Waals surface area contributed by atoms with Gasteiger partial charge in [0.1, 0.15) is 0 Å². The highest BCUT2D eigenvalue weighted by molar-refractivity contribution is 6.33. The van der Waals surface area contributed by atoms with Gasteiger partial charge in [0.15, 0.2) is 0 Å². The Balaban J connectivity index is 2.14. The van der Waals surface area contributed by atoms with E-state index in [1.54, 1.807) is 48.5 Å². The van der Waals surface area contributed by atoms with E-state index in [-0.39, 0.29) is 5.56 Å². The maximum Gasteiger partial charge on any atom is 0.336 e. The highest BCUT2D eigenvalue weighted by Crippen LogP contribution is 2.37. The molecule has 0 atom stereocenters. The van der Waals surface area contributed by atoms with E-state index in [9.17, 15) is 9.90 Å². The Morgan fingerprint density at radius 2 is 1.56 bits per heavy atom. The third-order valence-corrected chi connectivity index (χ3v) is 4.19. The Kier molecular flexibility index (Phi) is 4.25. The van der Waals surface area contributed by atoms with E-state index in [1.807, 2.05) is 0 Å². The van der Waals surface area contributed by atoms with Gasteiger partial charge < -0.3 is 22.3 Å². The number of carboxylic acids is 1. The van der Waals surface area contributed by atoms with Crippen molar-refractivity contribution in [2.24, 2.45) is 0 Å². The van der Waals surface area contributed by atoms with Gasteiger partial charge in [-0.05, 0) is 47.5 Å². The van der Waals surface area contributed by atoms with Crippen molar-refractivity contribution >= 4 is 34.6 Å². The molecule has 0 saturated heterocycles. The standard InChI is InChI=1S/C19H16ClN3O2/c20-16-8-10(18-15(19(24)25)2-1-3-17(18)23)4-5-14(16)11-6-12(21)9-13(22)7-11/h1-9H,21-23H2,(H,24,25). The predicted octanol–water partition coefficient (Wildman–Crippen LogP) is 4.12. The maximum atomic E-state index is 11.5. The molecule has 25 heavy (non-hydrogen) atoms. The second-order valence-corrected chi connectivity index (χ2v) is 6.07. The van der Waals surface area contributed by atoms with E-state index in [2.05, 4.69) is 0 Å². The largest absolute Gasteiger partial charge is 0.478 e. The highest BCUT2D eigenvalue weighted by Gasteiger charge is 2.16. The summed E-state index contributed by atoms with van der Waals surface area (Å²) in [5.74, 6) is -1.05. The minimum absolute atomic E-state index is 0.122. The minimum Gasteiger partial charge on any atom is -0.478 e. The van der Waals surface area contributed by atoms with Gasteiger partial charge in [-0.3, -0.25) is 0 Å². The molecule has 0 aliphatic rings. The molecular weight excluding hydrogens is 338 g/mol. The molecule has 0 heterocycles. The quantitative estimate of drug-likeness (QED) is 0.528. The van der Waals surface area contributed by atoms with Crippen molar-refractivity contribution in [1.82, 2.24) is 0 Å². The molecule has 0 aliphatic heterocycles. The minimum atomic E-state index is -1.05. The zero-order chi connectivity index (χ0) is 18.1. The van der Waals surface area contributed by atoms with E-state index in [4.69, 9.17) is 28.8 Å². The van der Waals surface area contributed by atoms with Crippen molar-refractivity contribution in [3.8, 4) is 22.3 Å². The van der Waals surface area contributed by atoms with Gasteiger partial charge in [-0.1, -0.05) is 29.8 Å². The number of anilines is 3. The number of carbonyl (C=O) groups is 1. The number of carboxylic acid groups (broad SMARTS) is 1. The molecule has 0 aromatic heterocycles. The van der Waals surface area contributed by atoms with E-state index < -0.39 is 5.97 Å². The van der Waals surface area contributed by atoms with Gasteiger partial charge in [-0.2, -0.15) is 0 Å². The van der Waals surface area contributed by atoms with Crippen LogP contribution in [0.1, 0.15) is 10.4 Å². The number of halogens is 1. The molecule has 0 spiro atoms. The fourth-order valence-electron chi connectivity index (χ4n) is 2.81. The van der Waals surface area contributed by atoms with Gasteiger partial charge in [-0.15, -0.1) is 0 Å². The first-order chi connectivity index (χ1) is 11.9. The van der Waals surface area contributed by atoms with Crippen LogP contribution in [-0.2, 0) is 0 Å². The molecule has 5 nitrogen and oxygen atoms in total. The van der Waals surface area contributed by atoms with Gasteiger partial charge in [0.2, 0.25) is 0 Å². The fourth-order valence-corrected chi connectivity index (χ4v) is 3.10. The lowest BCUT2D eigenvalue weighted by Gasteiger charge is -2.13. The van der Waals surface area contributed by atoms with E-state index in [0.29, 0.717) is 33.2 Å². The molecule has 126 valence electrons. The van der Waals surface area contributed by atoms with E-state index >= 15 is 0 Å². The molecule has 0 unspecified atom stereocenters. The Morgan fingerprint density at radius 3 is 2.16 bits per heavy atom. The van der Waals surface area contributed by atoms with Crippen molar-refractivity contribution in [2.45, 2.75) is 0 Å². The summed E-state index contributed by atoms with van der Waals surface area (Å²) in [6, 6.07) is 15.2. The maximum absolute atomic E-state index is 11.5. The fraction of sp³-hybridized carbons (Fsp3) is 0. The Bertz CT molecular complexity index is 966. The van der Waals surface area contributed by atoms with Crippen molar-refractivity contribution in [3.63, 3.8) is 0 Å². The zero-order valence-electron chi connectivity index (χ0n) is 13.2. The van der Waals surface area contributed by atoms with Crippen LogP contribution in [0.2, 0.25) is 5.02 Å². The van der Waals surface area contributed by atoms with Crippen LogP contribution in [0.15, 0.2) is 54.6 Å². The zero-order valence-corrected chi connectivity index (χ0v) is 13.9. The monoisotopic (exact) mass is 353 g/mol. The first-order valence-electron chi connectivity index (χ1n) is 7.45. The number of hydrogen-bond donors (Lipinski definition) is 4. The third kappa shape index (κ3) is 3.22. The first kappa shape index (κ1) is 16.7. The molecule has 0 saturated carbocycles. The normalized spacial score (nSPS) is 10.6. The Morgan fingerprint density at radius 1 is 0.880 bits per heavy atom. The summed E-state index contributed by atoms with van der Waals surface area (Å²) in [6.07, 6.45) is 0. The lowest BCUT2D eigenvalue weighted by atomic mass is 9.95. The van der Waals surface area contributed by atoms with Crippen LogP contribution in [0.25, 0.3) is 22.3 Å². The Hall–Kier alpha value is -3.18. The second kappa shape index (κ2) is 6.37. The van der Waals surface area contributed by atoms with Crippen molar-refractivity contribution in [2.75, 3.05) is 17.2 Å². The predicted molar refractivity (Wildman–Crippen MR) is 103 cm³/mol. The molecular formula is C19H16ClN3O2. The van der Waals surface area contributed by atoms with Gasteiger partial charge >= 0.3 is 5.97 Å². The third-order valence-electron chi connectivity index (χ3n) is 3.87. The average molecular weight is 354 g/mol. The van der Waals surface area contributed by atoms with Crippen molar-refractivity contribution in [3.05, 3.63) is 65.2 Å². The average Bonchev–Trinajstić information content (AvgIpc) is 2.53. The van der Waals surface area contributed by atoms with Crippen LogP contribution < -0.4 is 17.2 Å². The van der Waals surface area contributed by atoms with Crippen LogP contribution in [0.3, 0.4) is 0 Å². The molecule has 3 rings (SSSR count). The number of nitrogens with two attached hydrogens (primary N) is 3. The molecule has 0 fully saturated rings. The summed E-state index contributed by atoms with van der Waals surface area (Å²) in [5.41, 5.74) is 21.8. The van der Waals surface area contributed by atoms with Gasteiger partial charge in [0, 0.05) is 33.2 Å². The molecule has 6 heteroatoms. The van der Waals surface area contributed by atoms with E-state index in [0.717, 1.165) is 11.1 Å². The Labute approximate surface area is 149 Å². The molecule has 0 amide bonds. The number of rotatable bonds is 3. The summed E-state index contributed by atoms with van der Waals surface area (Å²) in [5, 5.41) is 9.84. The van der Waals surface area contributed by atoms with Gasteiger partial charge in [-0.25, -0.2) is 4.79 Å². The summed E-state index contributed by atoms with van der Waals surface area (Å²) in [4.78, 5) is 11.5.